The summed E-state index contributed by atoms with van der Waals surface area (Å²) < 4.78 is 0. The van der Waals surface area contributed by atoms with E-state index < -0.39 is 0 Å². The van der Waals surface area contributed by atoms with Gasteiger partial charge in [0.1, 0.15) is 0 Å². The SMILES string of the molecule is CCC1=NC(C(C)C)CN1. The molecule has 10 heavy (non-hydrogen) atoms. The summed E-state index contributed by atoms with van der Waals surface area (Å²) in [5.74, 6) is 1.86. The highest BCUT2D eigenvalue weighted by Crippen LogP contribution is 2.10. The van der Waals surface area contributed by atoms with Crippen LogP contribution >= 0.6 is 0 Å². The third kappa shape index (κ3) is 1.49. The normalized spacial score (nSPS) is 24.8. The molecule has 0 amide bonds. The highest BCUT2D eigenvalue weighted by atomic mass is 15.1. The van der Waals surface area contributed by atoms with Gasteiger partial charge in [0.15, 0.2) is 0 Å². The minimum atomic E-state index is 0.523. The van der Waals surface area contributed by atoms with Crippen LogP contribution in [-0.4, -0.2) is 18.4 Å². The molecule has 0 saturated heterocycles. The zero-order valence-corrected chi connectivity index (χ0v) is 7.02. The van der Waals surface area contributed by atoms with Crippen molar-refractivity contribution in [2.75, 3.05) is 6.54 Å². The van der Waals surface area contributed by atoms with E-state index in [1.807, 2.05) is 0 Å². The monoisotopic (exact) mass is 140 g/mol. The number of hydrogen-bond acceptors (Lipinski definition) is 2. The molecule has 0 spiro atoms. The predicted molar refractivity (Wildman–Crippen MR) is 44.4 cm³/mol. The largest absolute Gasteiger partial charge is 0.372 e. The molecular weight excluding hydrogens is 124 g/mol. The van der Waals surface area contributed by atoms with Gasteiger partial charge in [0.2, 0.25) is 0 Å². The van der Waals surface area contributed by atoms with Crippen molar-refractivity contribution >= 4 is 5.84 Å². The molecule has 1 N–H and O–H groups in total. The average molecular weight is 140 g/mol. The Kier molecular flexibility index (Phi) is 2.30. The van der Waals surface area contributed by atoms with Crippen molar-refractivity contribution in [3.05, 3.63) is 0 Å². The van der Waals surface area contributed by atoms with Crippen LogP contribution < -0.4 is 5.32 Å². The van der Waals surface area contributed by atoms with Crippen LogP contribution in [0.1, 0.15) is 27.2 Å². The molecule has 0 aromatic carbocycles. The second-order valence-corrected chi connectivity index (χ2v) is 3.12. The number of aliphatic imine (C=N–C) groups is 1. The maximum Gasteiger partial charge on any atom is 0.0965 e. The summed E-state index contributed by atoms with van der Waals surface area (Å²) in [5.41, 5.74) is 0. The highest BCUT2D eigenvalue weighted by molar-refractivity contribution is 5.83. The quantitative estimate of drug-likeness (QED) is 0.616. The van der Waals surface area contributed by atoms with Gasteiger partial charge < -0.3 is 5.32 Å². The molecule has 1 heterocycles. The van der Waals surface area contributed by atoms with Crippen molar-refractivity contribution in [2.24, 2.45) is 10.9 Å². The van der Waals surface area contributed by atoms with Crippen molar-refractivity contribution in [3.8, 4) is 0 Å². The predicted octanol–water partition coefficient (Wildman–Crippen LogP) is 1.42. The molecule has 0 aromatic rings. The Morgan fingerprint density at radius 1 is 1.70 bits per heavy atom. The lowest BCUT2D eigenvalue weighted by atomic mass is 10.1. The molecule has 2 nitrogen and oxygen atoms in total. The van der Waals surface area contributed by atoms with Gasteiger partial charge >= 0.3 is 0 Å². The maximum atomic E-state index is 4.51. The van der Waals surface area contributed by atoms with Crippen LogP contribution in [-0.2, 0) is 0 Å². The molecule has 0 aromatic heterocycles. The summed E-state index contributed by atoms with van der Waals surface area (Å²) in [4.78, 5) is 4.51. The van der Waals surface area contributed by atoms with Gasteiger partial charge in [-0.25, -0.2) is 0 Å². The molecule has 1 unspecified atom stereocenters. The van der Waals surface area contributed by atoms with E-state index >= 15 is 0 Å². The van der Waals surface area contributed by atoms with Gasteiger partial charge in [-0.15, -0.1) is 0 Å². The third-order valence-electron chi connectivity index (χ3n) is 1.94. The van der Waals surface area contributed by atoms with Crippen molar-refractivity contribution < 1.29 is 0 Å². The van der Waals surface area contributed by atoms with E-state index in [9.17, 15) is 0 Å². The van der Waals surface area contributed by atoms with E-state index in [2.05, 4.69) is 31.1 Å². The summed E-state index contributed by atoms with van der Waals surface area (Å²) >= 11 is 0. The Balaban J connectivity index is 2.47. The van der Waals surface area contributed by atoms with Gasteiger partial charge in [-0.1, -0.05) is 20.8 Å². The molecule has 2 heteroatoms. The van der Waals surface area contributed by atoms with E-state index in [0.717, 1.165) is 13.0 Å². The van der Waals surface area contributed by atoms with Crippen LogP contribution in [0.15, 0.2) is 4.99 Å². The van der Waals surface area contributed by atoms with Crippen molar-refractivity contribution in [2.45, 2.75) is 33.2 Å². The van der Waals surface area contributed by atoms with Crippen LogP contribution in [0.25, 0.3) is 0 Å². The topological polar surface area (TPSA) is 24.4 Å². The molecule has 1 aliphatic rings. The summed E-state index contributed by atoms with van der Waals surface area (Å²) in [7, 11) is 0. The Labute approximate surface area is 62.7 Å². The van der Waals surface area contributed by atoms with Gasteiger partial charge in [-0.3, -0.25) is 4.99 Å². The number of hydrogen-bond donors (Lipinski definition) is 1. The number of nitrogens with zero attached hydrogens (tertiary/aromatic N) is 1. The smallest absolute Gasteiger partial charge is 0.0965 e. The molecule has 0 saturated carbocycles. The minimum Gasteiger partial charge on any atom is -0.372 e. The Hall–Kier alpha value is -0.530. The fraction of sp³-hybridized carbons (Fsp3) is 0.875. The lowest BCUT2D eigenvalue weighted by Gasteiger charge is -2.08. The van der Waals surface area contributed by atoms with Gasteiger partial charge in [0, 0.05) is 13.0 Å². The summed E-state index contributed by atoms with van der Waals surface area (Å²) in [5, 5.41) is 3.29. The van der Waals surface area contributed by atoms with E-state index in [1.165, 1.54) is 5.84 Å². The Bertz CT molecular complexity index is 138. The van der Waals surface area contributed by atoms with Crippen molar-refractivity contribution in [1.82, 2.24) is 5.32 Å². The van der Waals surface area contributed by atoms with Crippen LogP contribution in [0.5, 0.6) is 0 Å². The molecule has 1 atom stereocenters. The molecule has 0 bridgehead atoms. The van der Waals surface area contributed by atoms with Gasteiger partial charge in [-0.05, 0) is 5.92 Å². The first-order valence-electron chi connectivity index (χ1n) is 4.04. The third-order valence-corrected chi connectivity index (χ3v) is 1.94. The molecule has 1 aliphatic heterocycles. The Morgan fingerprint density at radius 3 is 2.70 bits per heavy atom. The standard InChI is InChI=1S/C8H16N2/c1-4-8-9-5-7(10-8)6(2)3/h6-7H,4-5H2,1-3H3,(H,9,10). The first-order valence-corrected chi connectivity index (χ1v) is 4.04. The zero-order chi connectivity index (χ0) is 7.56. The van der Waals surface area contributed by atoms with E-state index in [-0.39, 0.29) is 0 Å². The molecule has 1 rings (SSSR count). The van der Waals surface area contributed by atoms with Crippen LogP contribution in [0.4, 0.5) is 0 Å². The lowest BCUT2D eigenvalue weighted by molar-refractivity contribution is 0.512. The molecule has 0 fully saturated rings. The van der Waals surface area contributed by atoms with Crippen LogP contribution in [0.3, 0.4) is 0 Å². The van der Waals surface area contributed by atoms with E-state index in [0.29, 0.717) is 12.0 Å². The number of nitrogens with one attached hydrogen (secondary N) is 1. The fourth-order valence-electron chi connectivity index (χ4n) is 1.11. The number of rotatable bonds is 2. The van der Waals surface area contributed by atoms with Crippen LogP contribution in [0.2, 0.25) is 0 Å². The first kappa shape index (κ1) is 7.58. The second-order valence-electron chi connectivity index (χ2n) is 3.12. The summed E-state index contributed by atoms with van der Waals surface area (Å²) in [6.07, 6.45) is 1.04. The van der Waals surface area contributed by atoms with Gasteiger partial charge in [0.05, 0.1) is 11.9 Å². The summed E-state index contributed by atoms with van der Waals surface area (Å²) in [6.45, 7) is 7.61. The zero-order valence-electron chi connectivity index (χ0n) is 7.02. The van der Waals surface area contributed by atoms with Gasteiger partial charge in [-0.2, -0.15) is 0 Å². The highest BCUT2D eigenvalue weighted by Gasteiger charge is 2.17. The lowest BCUT2D eigenvalue weighted by Crippen LogP contribution is -2.22. The van der Waals surface area contributed by atoms with Crippen LogP contribution in [0, 0.1) is 5.92 Å². The Morgan fingerprint density at radius 2 is 2.40 bits per heavy atom. The van der Waals surface area contributed by atoms with E-state index in [4.69, 9.17) is 0 Å². The average Bonchev–Trinajstić information content (AvgIpc) is 2.34. The van der Waals surface area contributed by atoms with E-state index in [1.54, 1.807) is 0 Å². The number of amidine groups is 1. The molecule has 0 aliphatic carbocycles. The van der Waals surface area contributed by atoms with Gasteiger partial charge in [0.25, 0.3) is 0 Å². The van der Waals surface area contributed by atoms with Crippen molar-refractivity contribution in [1.29, 1.82) is 0 Å². The summed E-state index contributed by atoms with van der Waals surface area (Å²) in [6, 6.07) is 0.523. The minimum absolute atomic E-state index is 0.523. The first-order chi connectivity index (χ1) is 4.74. The molecular formula is C8H16N2. The molecule has 58 valence electrons. The fourth-order valence-corrected chi connectivity index (χ4v) is 1.11. The maximum absolute atomic E-state index is 4.51. The molecule has 0 radical (unpaired) electrons. The van der Waals surface area contributed by atoms with Crippen molar-refractivity contribution in [3.63, 3.8) is 0 Å². The second kappa shape index (κ2) is 3.04.